The van der Waals surface area contributed by atoms with Crippen molar-refractivity contribution >= 4 is 119 Å². The van der Waals surface area contributed by atoms with Gasteiger partial charge in [-0.15, -0.1) is 0 Å². The second kappa shape index (κ2) is 10.8. The van der Waals surface area contributed by atoms with Gasteiger partial charge in [0.25, 0.3) is 0 Å². The molecule has 0 fully saturated rings. The van der Waals surface area contributed by atoms with Gasteiger partial charge in [-0.3, -0.25) is 0 Å². The molecule has 0 unspecified atom stereocenters. The third-order valence-electron chi connectivity index (χ3n) is 9.93. The number of benzene rings is 7. The Morgan fingerprint density at radius 3 is 1.94 bits per heavy atom. The van der Waals surface area contributed by atoms with E-state index in [4.69, 9.17) is 0 Å². The first-order valence-electron chi connectivity index (χ1n) is 16.0. The molecule has 0 N–H and O–H groups in total. The summed E-state index contributed by atoms with van der Waals surface area (Å²) in [4.78, 5) is 0. The number of fused-ring (bicyclic) bond motifs is 8. The molecule has 2 aromatic heterocycles. The Bertz CT molecular complexity index is 2710. The zero-order valence-corrected chi connectivity index (χ0v) is 33.2. The van der Waals surface area contributed by atoms with Crippen molar-refractivity contribution in [2.45, 2.75) is 0 Å². The molecule has 0 bridgehead atoms. The monoisotopic (exact) mass is 984 g/mol. The van der Waals surface area contributed by atoms with Crippen molar-refractivity contribution in [3.63, 3.8) is 0 Å². The van der Waals surface area contributed by atoms with Crippen LogP contribution in [0.3, 0.4) is 0 Å². The van der Waals surface area contributed by atoms with Crippen LogP contribution in [0.1, 0.15) is 0 Å². The van der Waals surface area contributed by atoms with E-state index in [1.165, 1.54) is 88.7 Å². The number of para-hydroxylation sites is 3. The molecule has 3 heterocycles. The van der Waals surface area contributed by atoms with Crippen LogP contribution in [0.2, 0.25) is 0 Å². The summed E-state index contributed by atoms with van der Waals surface area (Å²) < 4.78 is 8.10. The van der Waals surface area contributed by atoms with Crippen LogP contribution in [0.4, 0.5) is 0 Å². The maximum atomic E-state index is 2.74. The average molecular weight is 983 g/mol. The molecule has 9 aromatic rings. The van der Waals surface area contributed by atoms with Crippen molar-refractivity contribution in [2.24, 2.45) is 0 Å². The van der Waals surface area contributed by atoms with Crippen molar-refractivity contribution in [2.75, 3.05) is 0 Å². The van der Waals surface area contributed by atoms with Crippen LogP contribution in [-0.4, -0.2) is 67.4 Å². The quantitative estimate of drug-likeness (QED) is 0.173. The fourth-order valence-electron chi connectivity index (χ4n) is 8.09. The molecule has 0 spiro atoms. The molecule has 7 aromatic carbocycles. The van der Waals surface area contributed by atoms with E-state index in [1.807, 2.05) is 0 Å². The molecule has 5 heteroatoms. The van der Waals surface area contributed by atoms with Crippen molar-refractivity contribution < 1.29 is 0 Å². The summed E-state index contributed by atoms with van der Waals surface area (Å²) >= 11 is 1.92. The summed E-state index contributed by atoms with van der Waals surface area (Å²) in [5.74, 6) is 0. The van der Waals surface area contributed by atoms with Crippen LogP contribution in [-0.2, 0) is 0 Å². The summed E-state index contributed by atoms with van der Waals surface area (Å²) in [6.45, 7) is 0.0180. The minimum atomic E-state index is 0.0180. The first kappa shape index (κ1) is 28.1. The van der Waals surface area contributed by atoms with Gasteiger partial charge in [0, 0.05) is 0 Å². The van der Waals surface area contributed by atoms with Crippen LogP contribution < -0.4 is 17.2 Å². The molecule has 214 valence electrons. The molecule has 0 saturated heterocycles. The Hall–Kier alpha value is -3.95. The number of hydrogen-bond acceptors (Lipinski definition) is 0. The fourth-order valence-corrected chi connectivity index (χ4v) is 10.8. The zero-order valence-electron chi connectivity index (χ0n) is 25.4. The van der Waals surface area contributed by atoms with E-state index in [0.717, 1.165) is 51.5 Å². The Morgan fingerprint density at radius 1 is 0.447 bits per heavy atom. The molecule has 6 radical (unpaired) electrons. The van der Waals surface area contributed by atoms with Crippen LogP contribution in [0, 0.1) is 0 Å². The standard InChI is InChI=1S/C42H25BN2.2Pb/c1-3-13-28(14-4-1)30-25-26-39-35(27-30)34-19-11-18-31(29-15-5-2-6-16-29)41(34)45(39)43-36-21-8-10-24-40(36)44-38-23-9-7-17-32(38)33-20-12-22-37(43)42(33)44;;/h1-10,12-25,27H;;. The minimum absolute atomic E-state index is 0.0180. The zero-order chi connectivity index (χ0) is 31.2. The molecule has 47 heavy (non-hydrogen) atoms. The van der Waals surface area contributed by atoms with E-state index in [9.17, 15) is 0 Å². The third kappa shape index (κ3) is 4.11. The SMILES string of the molecule is [Pb][c]1cc(-c2ccccc2)c2c(c1)c1cc(-c3ccccc3)c[c]([Pb])c1n2B1c2ccccc2-n2c3ccccc3c3cccc1c32. The molecule has 0 amide bonds. The second-order valence-electron chi connectivity index (χ2n) is 12.5. The summed E-state index contributed by atoms with van der Waals surface area (Å²) in [7, 11) is 0. The summed E-state index contributed by atoms with van der Waals surface area (Å²) in [6, 6.07) is 56.7. The van der Waals surface area contributed by atoms with E-state index >= 15 is 0 Å². The normalized spacial score (nSPS) is 12.4. The topological polar surface area (TPSA) is 9.86 Å². The van der Waals surface area contributed by atoms with Crippen molar-refractivity contribution in [3.05, 3.63) is 152 Å². The molecule has 0 saturated carbocycles. The van der Waals surface area contributed by atoms with Gasteiger partial charge in [0.2, 0.25) is 0 Å². The van der Waals surface area contributed by atoms with E-state index in [1.54, 1.807) is 0 Å². The van der Waals surface area contributed by atoms with Crippen molar-refractivity contribution in [3.8, 4) is 27.9 Å². The molecule has 10 rings (SSSR count). The van der Waals surface area contributed by atoms with Crippen LogP contribution in [0.25, 0.3) is 71.6 Å². The van der Waals surface area contributed by atoms with Crippen molar-refractivity contribution in [1.29, 1.82) is 0 Å². The Morgan fingerprint density at radius 2 is 1.11 bits per heavy atom. The Kier molecular flexibility index (Phi) is 6.45. The van der Waals surface area contributed by atoms with Gasteiger partial charge in [0.15, 0.2) is 0 Å². The maximum absolute atomic E-state index is 2.74. The van der Waals surface area contributed by atoms with Crippen molar-refractivity contribution in [1.82, 2.24) is 9.05 Å². The summed E-state index contributed by atoms with van der Waals surface area (Å²) in [5.41, 5.74) is 14.4. The molecule has 1 aliphatic rings. The molecular formula is C42H25BN2Pb2. The van der Waals surface area contributed by atoms with E-state index in [2.05, 4.69) is 161 Å². The van der Waals surface area contributed by atoms with Crippen LogP contribution in [0.5, 0.6) is 0 Å². The molecular weight excluding hydrogens is 958 g/mol. The molecule has 0 aliphatic carbocycles. The van der Waals surface area contributed by atoms with Crippen LogP contribution >= 0.6 is 0 Å². The van der Waals surface area contributed by atoms with E-state index in [0.29, 0.717) is 0 Å². The number of nitrogens with zero attached hydrogens (tertiary/aromatic N) is 2. The van der Waals surface area contributed by atoms with Gasteiger partial charge >= 0.3 is 308 Å². The predicted octanol–water partition coefficient (Wildman–Crippen LogP) is 6.78. The average Bonchev–Trinajstić information content (AvgIpc) is 3.63. The van der Waals surface area contributed by atoms with E-state index < -0.39 is 0 Å². The third-order valence-corrected chi connectivity index (χ3v) is 12.5. The molecule has 2 nitrogen and oxygen atoms in total. The molecule has 1 aliphatic heterocycles. The Balaban J connectivity index is 1.41. The fraction of sp³-hybridized carbons (Fsp3) is 0. The summed E-state index contributed by atoms with van der Waals surface area (Å²) in [6.07, 6.45) is 0. The first-order valence-corrected chi connectivity index (χ1v) is 19.9. The molecule has 0 atom stereocenters. The van der Waals surface area contributed by atoms with Gasteiger partial charge < -0.3 is 0 Å². The van der Waals surface area contributed by atoms with Gasteiger partial charge in [0.05, 0.1) is 0 Å². The number of rotatable bonds is 3. The second-order valence-corrected chi connectivity index (χ2v) is 16.8. The predicted molar refractivity (Wildman–Crippen MR) is 202 cm³/mol. The summed E-state index contributed by atoms with van der Waals surface area (Å²) in [5, 5.41) is 5.35. The van der Waals surface area contributed by atoms with Gasteiger partial charge in [-0.2, -0.15) is 0 Å². The van der Waals surface area contributed by atoms with Gasteiger partial charge in [-0.05, 0) is 0 Å². The number of hydrogen-bond donors (Lipinski definition) is 0. The van der Waals surface area contributed by atoms with Gasteiger partial charge in [0.1, 0.15) is 0 Å². The first-order chi connectivity index (χ1) is 23.2. The van der Waals surface area contributed by atoms with Crippen LogP contribution in [0.15, 0.2) is 152 Å². The van der Waals surface area contributed by atoms with Gasteiger partial charge in [-0.1, -0.05) is 0 Å². The van der Waals surface area contributed by atoms with E-state index in [-0.39, 0.29) is 6.85 Å². The number of aromatic nitrogens is 2. The van der Waals surface area contributed by atoms with Gasteiger partial charge in [-0.25, -0.2) is 0 Å². The Labute approximate surface area is 305 Å².